The van der Waals surface area contributed by atoms with Crippen LogP contribution in [-0.4, -0.2) is 69.1 Å². The van der Waals surface area contributed by atoms with Crippen molar-refractivity contribution in [2.45, 2.75) is 63.7 Å². The van der Waals surface area contributed by atoms with Crippen molar-refractivity contribution in [1.82, 2.24) is 16.0 Å². The lowest BCUT2D eigenvalue weighted by molar-refractivity contribution is -0.142. The zero-order chi connectivity index (χ0) is 29.8. The zero-order valence-electron chi connectivity index (χ0n) is 22.4. The molecule has 0 saturated heterocycles. The van der Waals surface area contributed by atoms with Gasteiger partial charge >= 0.3 is 11.9 Å². The Labute approximate surface area is 232 Å². The fraction of sp³-hybridized carbons (Fsp3) is 0.393. The molecule has 2 rings (SSSR count). The van der Waals surface area contributed by atoms with E-state index in [1.807, 2.05) is 6.07 Å². The molecule has 2 aromatic rings. The summed E-state index contributed by atoms with van der Waals surface area (Å²) in [5, 5.41) is 35.6. The van der Waals surface area contributed by atoms with Crippen molar-refractivity contribution in [2.24, 2.45) is 11.7 Å². The second-order valence-corrected chi connectivity index (χ2v) is 9.79. The largest absolute Gasteiger partial charge is 0.508 e. The summed E-state index contributed by atoms with van der Waals surface area (Å²) >= 11 is 0. The summed E-state index contributed by atoms with van der Waals surface area (Å²) in [4.78, 5) is 62.0. The molecular weight excluding hydrogens is 520 g/mol. The minimum atomic E-state index is -1.33. The predicted octanol–water partition coefficient (Wildman–Crippen LogP) is 0.565. The number of aliphatic carboxylic acids is 2. The summed E-state index contributed by atoms with van der Waals surface area (Å²) in [6, 6.07) is 10.00. The van der Waals surface area contributed by atoms with Crippen LogP contribution in [0.1, 0.15) is 37.8 Å². The quantitative estimate of drug-likeness (QED) is 0.163. The van der Waals surface area contributed by atoms with Gasteiger partial charge in [0.05, 0.1) is 6.04 Å². The molecule has 0 saturated carbocycles. The van der Waals surface area contributed by atoms with Crippen LogP contribution < -0.4 is 21.7 Å². The Bertz CT molecular complexity index is 1170. The van der Waals surface area contributed by atoms with Crippen molar-refractivity contribution in [2.75, 3.05) is 0 Å². The first-order valence-corrected chi connectivity index (χ1v) is 12.8. The van der Waals surface area contributed by atoms with E-state index in [4.69, 9.17) is 10.8 Å². The van der Waals surface area contributed by atoms with Gasteiger partial charge in [-0.1, -0.05) is 56.3 Å². The maximum atomic E-state index is 13.2. The molecule has 4 unspecified atom stereocenters. The number of carbonyl (C=O) groups is 5. The van der Waals surface area contributed by atoms with Gasteiger partial charge in [0.2, 0.25) is 17.7 Å². The summed E-state index contributed by atoms with van der Waals surface area (Å²) in [7, 11) is 0. The Morgan fingerprint density at radius 2 is 1.32 bits per heavy atom. The first-order chi connectivity index (χ1) is 18.9. The van der Waals surface area contributed by atoms with Gasteiger partial charge in [-0.2, -0.15) is 0 Å². The highest BCUT2D eigenvalue weighted by molar-refractivity contribution is 5.94. The number of nitrogens with two attached hydrogens (primary N) is 1. The second kappa shape index (κ2) is 15.2. The van der Waals surface area contributed by atoms with E-state index in [0.29, 0.717) is 5.56 Å². The van der Waals surface area contributed by atoms with Gasteiger partial charge in [-0.05, 0) is 42.0 Å². The fourth-order valence-corrected chi connectivity index (χ4v) is 3.89. The minimum Gasteiger partial charge on any atom is -0.508 e. The summed E-state index contributed by atoms with van der Waals surface area (Å²) in [6.45, 7) is 3.28. The van der Waals surface area contributed by atoms with Gasteiger partial charge in [-0.25, -0.2) is 4.79 Å². The third-order valence-electron chi connectivity index (χ3n) is 6.15. The van der Waals surface area contributed by atoms with Crippen LogP contribution in [-0.2, 0) is 36.8 Å². The lowest BCUT2D eigenvalue weighted by Crippen LogP contribution is -2.58. The third kappa shape index (κ3) is 10.4. The molecule has 0 spiro atoms. The number of nitrogens with one attached hydrogen (secondary N) is 3. The monoisotopic (exact) mass is 556 g/mol. The highest BCUT2D eigenvalue weighted by Gasteiger charge is 2.32. The van der Waals surface area contributed by atoms with E-state index in [0.717, 1.165) is 5.56 Å². The van der Waals surface area contributed by atoms with Crippen LogP contribution in [0.2, 0.25) is 0 Å². The Balaban J connectivity index is 2.12. The van der Waals surface area contributed by atoms with Crippen molar-refractivity contribution >= 4 is 29.7 Å². The smallest absolute Gasteiger partial charge is 0.326 e. The molecular formula is C28H36N4O8. The number of carboxylic acids is 2. The van der Waals surface area contributed by atoms with E-state index in [9.17, 15) is 34.2 Å². The van der Waals surface area contributed by atoms with E-state index in [1.165, 1.54) is 24.3 Å². The van der Waals surface area contributed by atoms with Crippen LogP contribution >= 0.6 is 0 Å². The Morgan fingerprint density at radius 1 is 0.750 bits per heavy atom. The average Bonchev–Trinajstić information content (AvgIpc) is 2.90. The van der Waals surface area contributed by atoms with E-state index in [-0.39, 0.29) is 25.0 Å². The van der Waals surface area contributed by atoms with Gasteiger partial charge in [0, 0.05) is 12.8 Å². The Hall–Kier alpha value is -4.45. The Morgan fingerprint density at radius 3 is 1.88 bits per heavy atom. The molecule has 0 aromatic heterocycles. The number of hydrogen-bond donors (Lipinski definition) is 7. The molecule has 0 fully saturated rings. The number of amides is 3. The van der Waals surface area contributed by atoms with Crippen LogP contribution in [0, 0.1) is 5.92 Å². The van der Waals surface area contributed by atoms with E-state index < -0.39 is 66.2 Å². The number of hydrogen-bond acceptors (Lipinski definition) is 7. The lowest BCUT2D eigenvalue weighted by Gasteiger charge is -2.27. The van der Waals surface area contributed by atoms with Crippen molar-refractivity contribution < 1.29 is 39.3 Å². The normalized spacial score (nSPS) is 13.9. The predicted molar refractivity (Wildman–Crippen MR) is 145 cm³/mol. The highest BCUT2D eigenvalue weighted by Crippen LogP contribution is 2.12. The van der Waals surface area contributed by atoms with Gasteiger partial charge in [0.15, 0.2) is 0 Å². The second-order valence-electron chi connectivity index (χ2n) is 9.79. The molecule has 8 N–H and O–H groups in total. The summed E-state index contributed by atoms with van der Waals surface area (Å²) < 4.78 is 0. The number of phenols is 1. The molecule has 0 aliphatic carbocycles. The highest BCUT2D eigenvalue weighted by atomic mass is 16.4. The van der Waals surface area contributed by atoms with Crippen molar-refractivity contribution in [3.05, 3.63) is 65.7 Å². The SMILES string of the molecule is CC(C)C(NC(=O)C(CCC(=O)O)NC(=O)C(N)Cc1ccccc1)C(=O)NC(Cc1ccc(O)cc1)C(=O)O. The standard InChI is InChI=1S/C28H36N4O8/c1-16(2)24(27(38)31-22(28(39)40)15-18-8-10-19(33)11-9-18)32-26(37)21(12-13-23(34)35)30-25(36)20(29)14-17-6-4-3-5-7-17/h3-11,16,20-22,24,33H,12-15,29H2,1-2H3,(H,30,36)(H,31,38)(H,32,37)(H,34,35)(H,39,40). The van der Waals surface area contributed by atoms with Crippen LogP contribution in [0.4, 0.5) is 0 Å². The van der Waals surface area contributed by atoms with Crippen molar-refractivity contribution in [1.29, 1.82) is 0 Å². The van der Waals surface area contributed by atoms with Crippen LogP contribution in [0.5, 0.6) is 5.75 Å². The molecule has 2 aromatic carbocycles. The number of rotatable bonds is 15. The molecule has 0 heterocycles. The van der Waals surface area contributed by atoms with Gasteiger partial charge in [-0.3, -0.25) is 19.2 Å². The van der Waals surface area contributed by atoms with Crippen LogP contribution in [0.25, 0.3) is 0 Å². The number of phenolic OH excluding ortho intramolecular Hbond substituents is 1. The number of carbonyl (C=O) groups excluding carboxylic acids is 3. The summed E-state index contributed by atoms with van der Waals surface area (Å²) in [5.41, 5.74) is 7.37. The molecule has 0 aliphatic rings. The zero-order valence-corrected chi connectivity index (χ0v) is 22.4. The molecule has 40 heavy (non-hydrogen) atoms. The van der Waals surface area contributed by atoms with E-state index in [1.54, 1.807) is 38.1 Å². The number of carboxylic acid groups (broad SMARTS) is 2. The van der Waals surface area contributed by atoms with Gasteiger partial charge in [0.25, 0.3) is 0 Å². The lowest BCUT2D eigenvalue weighted by atomic mass is 10.00. The fourth-order valence-electron chi connectivity index (χ4n) is 3.89. The van der Waals surface area contributed by atoms with Crippen LogP contribution in [0.3, 0.4) is 0 Å². The Kier molecular flexibility index (Phi) is 12.1. The molecule has 3 amide bonds. The topological polar surface area (TPSA) is 208 Å². The number of benzene rings is 2. The van der Waals surface area contributed by atoms with Gasteiger partial charge in [0.1, 0.15) is 23.9 Å². The molecule has 0 radical (unpaired) electrons. The minimum absolute atomic E-state index is 0.00723. The summed E-state index contributed by atoms with van der Waals surface area (Å²) in [5.74, 6) is -5.19. The summed E-state index contributed by atoms with van der Waals surface area (Å²) in [6.07, 6.45) is -0.570. The van der Waals surface area contributed by atoms with E-state index >= 15 is 0 Å². The molecule has 0 aliphatic heterocycles. The van der Waals surface area contributed by atoms with Gasteiger partial charge in [-0.15, -0.1) is 0 Å². The third-order valence-corrected chi connectivity index (χ3v) is 6.15. The molecule has 12 heteroatoms. The molecule has 216 valence electrons. The maximum Gasteiger partial charge on any atom is 0.326 e. The van der Waals surface area contributed by atoms with Crippen LogP contribution in [0.15, 0.2) is 54.6 Å². The molecule has 0 bridgehead atoms. The number of aromatic hydroxyl groups is 1. The average molecular weight is 557 g/mol. The molecule has 4 atom stereocenters. The first-order valence-electron chi connectivity index (χ1n) is 12.8. The maximum absolute atomic E-state index is 13.2. The first kappa shape index (κ1) is 31.8. The van der Waals surface area contributed by atoms with Crippen molar-refractivity contribution in [3.8, 4) is 5.75 Å². The van der Waals surface area contributed by atoms with E-state index in [2.05, 4.69) is 16.0 Å². The molecule has 12 nitrogen and oxygen atoms in total. The van der Waals surface area contributed by atoms with Crippen molar-refractivity contribution in [3.63, 3.8) is 0 Å². The van der Waals surface area contributed by atoms with Gasteiger partial charge < -0.3 is 37.0 Å².